The summed E-state index contributed by atoms with van der Waals surface area (Å²) in [5.41, 5.74) is 1.55. The van der Waals surface area contributed by atoms with E-state index in [2.05, 4.69) is 14.7 Å². The molecular weight excluding hydrogens is 659 g/mol. The topological polar surface area (TPSA) is 136 Å². The zero-order chi connectivity index (χ0) is 34.3. The van der Waals surface area contributed by atoms with Gasteiger partial charge in [-0.05, 0) is 73.4 Å². The van der Waals surface area contributed by atoms with E-state index in [0.29, 0.717) is 42.9 Å². The highest BCUT2D eigenvalue weighted by Crippen LogP contribution is 2.30. The number of sulfonamides is 1. The van der Waals surface area contributed by atoms with Crippen molar-refractivity contribution in [1.82, 2.24) is 19.3 Å². The molecule has 2 aromatic heterocycles. The van der Waals surface area contributed by atoms with Crippen LogP contribution in [0.5, 0.6) is 5.88 Å². The molecule has 0 bridgehead atoms. The summed E-state index contributed by atoms with van der Waals surface area (Å²) >= 11 is 0. The Labute approximate surface area is 279 Å². The third-order valence-electron chi connectivity index (χ3n) is 8.51. The van der Waals surface area contributed by atoms with E-state index >= 15 is 8.78 Å². The second kappa shape index (κ2) is 13.0. The number of nitriles is 1. The van der Waals surface area contributed by atoms with E-state index in [1.54, 1.807) is 22.8 Å². The SMILES string of the molecule is N#Cc1ccc(COc2cccc(-c3cc(F)c(Cc4nc5ccc(C(=O)NS(=O)(=O)C6CC6)cc5n4C[C@@H]4CCO4)cc3F)n2)c(F)c1. The summed E-state index contributed by atoms with van der Waals surface area (Å²) < 4.78 is 85.3. The number of carbonyl (C=O) groups excluding carboxylic acids is 1. The number of benzene rings is 3. The van der Waals surface area contributed by atoms with Crippen LogP contribution in [0.1, 0.15) is 52.1 Å². The van der Waals surface area contributed by atoms with E-state index in [9.17, 15) is 17.6 Å². The molecule has 14 heteroatoms. The van der Waals surface area contributed by atoms with Crippen molar-refractivity contribution in [2.75, 3.05) is 6.61 Å². The Morgan fingerprint density at radius 3 is 2.49 bits per heavy atom. The number of carbonyl (C=O) groups is 1. The number of halogens is 3. The summed E-state index contributed by atoms with van der Waals surface area (Å²) in [5, 5.41) is 8.37. The molecule has 1 aliphatic carbocycles. The first-order chi connectivity index (χ1) is 23.6. The van der Waals surface area contributed by atoms with Crippen LogP contribution < -0.4 is 9.46 Å². The van der Waals surface area contributed by atoms with Gasteiger partial charge in [-0.15, -0.1) is 0 Å². The molecule has 1 atom stereocenters. The molecule has 0 spiro atoms. The van der Waals surface area contributed by atoms with E-state index < -0.39 is 38.6 Å². The molecule has 1 amide bonds. The van der Waals surface area contributed by atoms with Crippen LogP contribution in [0.3, 0.4) is 0 Å². The lowest BCUT2D eigenvalue weighted by Gasteiger charge is -2.27. The molecule has 10 nitrogen and oxygen atoms in total. The number of pyridine rings is 1. The van der Waals surface area contributed by atoms with Crippen LogP contribution in [-0.2, 0) is 34.3 Å². The summed E-state index contributed by atoms with van der Waals surface area (Å²) in [6.07, 6.45) is 1.58. The van der Waals surface area contributed by atoms with E-state index in [-0.39, 0.29) is 58.5 Å². The second-order valence-electron chi connectivity index (χ2n) is 12.0. The summed E-state index contributed by atoms with van der Waals surface area (Å²) in [7, 11) is -3.75. The summed E-state index contributed by atoms with van der Waals surface area (Å²) in [6.45, 7) is 0.748. The molecule has 0 radical (unpaired) electrons. The Balaban J connectivity index is 1.14. The Morgan fingerprint density at radius 2 is 1.78 bits per heavy atom. The lowest BCUT2D eigenvalue weighted by atomic mass is 10.0. The lowest BCUT2D eigenvalue weighted by Crippen LogP contribution is -2.33. The molecule has 3 heterocycles. The molecule has 250 valence electrons. The van der Waals surface area contributed by atoms with Gasteiger partial charge in [0.2, 0.25) is 15.9 Å². The van der Waals surface area contributed by atoms with Crippen molar-refractivity contribution >= 4 is 27.0 Å². The van der Waals surface area contributed by atoms with Gasteiger partial charge in [0.15, 0.2) is 0 Å². The zero-order valence-corrected chi connectivity index (χ0v) is 26.6. The molecule has 2 fully saturated rings. The predicted molar refractivity (Wildman–Crippen MR) is 171 cm³/mol. The number of nitrogens with one attached hydrogen (secondary N) is 1. The normalized spacial score (nSPS) is 15.8. The van der Waals surface area contributed by atoms with Gasteiger partial charge in [0.1, 0.15) is 29.9 Å². The average molecular weight is 688 g/mol. The highest BCUT2D eigenvalue weighted by Gasteiger charge is 2.37. The van der Waals surface area contributed by atoms with Crippen molar-refractivity contribution in [3.05, 3.63) is 112 Å². The summed E-state index contributed by atoms with van der Waals surface area (Å²) in [5.74, 6) is -2.33. The minimum absolute atomic E-state index is 0.0320. The van der Waals surface area contributed by atoms with Crippen LogP contribution in [0, 0.1) is 28.8 Å². The van der Waals surface area contributed by atoms with Gasteiger partial charge >= 0.3 is 0 Å². The quantitative estimate of drug-likeness (QED) is 0.191. The Bertz CT molecular complexity index is 2260. The van der Waals surface area contributed by atoms with Crippen LogP contribution in [0.2, 0.25) is 0 Å². The van der Waals surface area contributed by atoms with Gasteiger partial charge in [0.25, 0.3) is 5.91 Å². The first-order valence-electron chi connectivity index (χ1n) is 15.5. The third kappa shape index (κ3) is 6.85. The van der Waals surface area contributed by atoms with Crippen molar-refractivity contribution in [1.29, 1.82) is 5.26 Å². The molecule has 1 aliphatic heterocycles. The van der Waals surface area contributed by atoms with Gasteiger partial charge in [0.05, 0.1) is 46.3 Å². The van der Waals surface area contributed by atoms with Gasteiger partial charge in [-0.1, -0.05) is 12.1 Å². The number of fused-ring (bicyclic) bond motifs is 1. The average Bonchev–Trinajstić information content (AvgIpc) is 3.87. The van der Waals surface area contributed by atoms with Crippen molar-refractivity contribution in [3.63, 3.8) is 0 Å². The second-order valence-corrected chi connectivity index (χ2v) is 13.9. The van der Waals surface area contributed by atoms with Gasteiger partial charge in [-0.25, -0.2) is 36.3 Å². The first kappa shape index (κ1) is 32.3. The number of nitrogens with zero attached hydrogens (tertiary/aromatic N) is 4. The number of rotatable bonds is 11. The van der Waals surface area contributed by atoms with Gasteiger partial charge in [-0.2, -0.15) is 5.26 Å². The highest BCUT2D eigenvalue weighted by molar-refractivity contribution is 7.91. The molecule has 49 heavy (non-hydrogen) atoms. The molecular formula is C35H28F3N5O5S. The summed E-state index contributed by atoms with van der Waals surface area (Å²) in [6, 6.07) is 17.1. The molecule has 0 unspecified atom stereocenters. The lowest BCUT2D eigenvalue weighted by molar-refractivity contribution is -0.0589. The molecule has 2 aliphatic rings. The minimum Gasteiger partial charge on any atom is -0.473 e. The van der Waals surface area contributed by atoms with Crippen molar-refractivity contribution in [3.8, 4) is 23.2 Å². The third-order valence-corrected chi connectivity index (χ3v) is 10.3. The first-order valence-corrected chi connectivity index (χ1v) is 17.1. The number of hydrogen-bond acceptors (Lipinski definition) is 8. The van der Waals surface area contributed by atoms with Crippen LogP contribution in [0.15, 0.2) is 66.7 Å². The number of amides is 1. The number of imidazole rings is 1. The maximum Gasteiger partial charge on any atom is 0.264 e. The fourth-order valence-corrected chi connectivity index (χ4v) is 6.86. The van der Waals surface area contributed by atoms with E-state index in [4.69, 9.17) is 14.7 Å². The molecule has 7 rings (SSSR count). The van der Waals surface area contributed by atoms with Gasteiger partial charge in [-0.3, -0.25) is 4.79 Å². The highest BCUT2D eigenvalue weighted by atomic mass is 32.2. The molecule has 1 N–H and O–H groups in total. The maximum atomic E-state index is 15.6. The monoisotopic (exact) mass is 687 g/mol. The van der Waals surface area contributed by atoms with Crippen LogP contribution >= 0.6 is 0 Å². The molecule has 3 aromatic carbocycles. The fraction of sp³-hybridized carbons (Fsp3) is 0.257. The largest absolute Gasteiger partial charge is 0.473 e. The van der Waals surface area contributed by atoms with Crippen LogP contribution in [0.25, 0.3) is 22.3 Å². The Kier molecular flexibility index (Phi) is 8.56. The number of aromatic nitrogens is 3. The predicted octanol–water partition coefficient (Wildman–Crippen LogP) is 5.57. The smallest absolute Gasteiger partial charge is 0.264 e. The molecule has 1 saturated carbocycles. The van der Waals surface area contributed by atoms with Crippen LogP contribution in [-0.4, -0.2) is 46.8 Å². The number of hydrogen-bond donors (Lipinski definition) is 1. The number of ether oxygens (including phenoxy) is 2. The van der Waals surface area contributed by atoms with E-state index in [0.717, 1.165) is 24.6 Å². The van der Waals surface area contributed by atoms with E-state index in [1.165, 1.54) is 30.3 Å². The Morgan fingerprint density at radius 1 is 0.980 bits per heavy atom. The van der Waals surface area contributed by atoms with Gasteiger partial charge in [0, 0.05) is 35.8 Å². The summed E-state index contributed by atoms with van der Waals surface area (Å²) in [4.78, 5) is 21.8. The van der Waals surface area contributed by atoms with Gasteiger partial charge < -0.3 is 14.0 Å². The Hall–Kier alpha value is -5.26. The van der Waals surface area contributed by atoms with Crippen molar-refractivity contribution < 1.29 is 35.9 Å². The van der Waals surface area contributed by atoms with Crippen LogP contribution in [0.4, 0.5) is 13.2 Å². The fourth-order valence-electron chi connectivity index (χ4n) is 5.56. The van der Waals surface area contributed by atoms with E-state index in [1.807, 2.05) is 6.07 Å². The molecule has 5 aromatic rings. The molecule has 1 saturated heterocycles. The van der Waals surface area contributed by atoms with Crippen molar-refractivity contribution in [2.24, 2.45) is 0 Å². The standard InChI is InChI=1S/C35H28F3N5O5S/c36-27-12-20(17-39)4-5-22(27)19-48-34-3-1-2-30(41-34)26-16-28(37)23(13-29(26)38)15-33-40-31-9-6-21(35(44)42-49(45,46)25-7-8-25)14-32(31)43(33)18-24-10-11-47-24/h1-6,9,12-14,16,24-25H,7-8,10-11,15,18-19H2,(H,42,44)/t24-/m0/s1. The maximum absolute atomic E-state index is 15.6. The zero-order valence-electron chi connectivity index (χ0n) is 25.8. The minimum atomic E-state index is -3.75. The van der Waals surface area contributed by atoms with Crippen molar-refractivity contribution in [2.45, 2.75) is 50.2 Å².